The monoisotopic (exact) mass is 292 g/mol. The molecule has 0 aliphatic rings. The van der Waals surface area contributed by atoms with Crippen LogP contribution in [0.3, 0.4) is 0 Å². The fourth-order valence-electron chi connectivity index (χ4n) is 1.96. The maximum absolute atomic E-state index is 13.2. The van der Waals surface area contributed by atoms with Crippen LogP contribution in [0.25, 0.3) is 0 Å². The van der Waals surface area contributed by atoms with Crippen LogP contribution in [0, 0.1) is 11.2 Å². The smallest absolute Gasteiger partial charge is 0.311 e. The lowest BCUT2D eigenvalue weighted by atomic mass is 9.88. The molecule has 112 valence electrons. The molecular formula is C14H17FN4O2. The molecular weight excluding hydrogens is 275 g/mol. The van der Waals surface area contributed by atoms with E-state index in [4.69, 9.17) is 0 Å². The Morgan fingerprint density at radius 2 is 2.24 bits per heavy atom. The molecule has 0 saturated carbocycles. The zero-order valence-electron chi connectivity index (χ0n) is 12.0. The average Bonchev–Trinajstić information content (AvgIpc) is 2.85. The lowest BCUT2D eigenvalue weighted by molar-refractivity contribution is -0.149. The maximum Gasteiger partial charge on any atom is 0.311 e. The number of benzene rings is 1. The molecule has 1 unspecified atom stereocenters. The van der Waals surface area contributed by atoms with Gasteiger partial charge in [0.1, 0.15) is 5.82 Å². The quantitative estimate of drug-likeness (QED) is 0.879. The van der Waals surface area contributed by atoms with Gasteiger partial charge in [0, 0.05) is 6.42 Å². The van der Waals surface area contributed by atoms with Crippen molar-refractivity contribution >= 4 is 5.97 Å². The number of carboxylic acid groups (broad SMARTS) is 1. The largest absolute Gasteiger partial charge is 0.481 e. The van der Waals surface area contributed by atoms with Crippen molar-refractivity contribution in [2.75, 3.05) is 0 Å². The Balaban J connectivity index is 2.21. The van der Waals surface area contributed by atoms with E-state index in [1.807, 2.05) is 6.92 Å². The van der Waals surface area contributed by atoms with Crippen molar-refractivity contribution in [1.82, 2.24) is 20.2 Å². The van der Waals surface area contributed by atoms with Crippen LogP contribution in [0.2, 0.25) is 0 Å². The van der Waals surface area contributed by atoms with E-state index in [0.29, 0.717) is 18.7 Å². The van der Waals surface area contributed by atoms with Crippen molar-refractivity contribution in [2.24, 2.45) is 5.41 Å². The summed E-state index contributed by atoms with van der Waals surface area (Å²) in [4.78, 5) is 11.4. The molecule has 21 heavy (non-hydrogen) atoms. The van der Waals surface area contributed by atoms with Gasteiger partial charge in [-0.3, -0.25) is 4.79 Å². The predicted molar refractivity (Wildman–Crippen MR) is 73.1 cm³/mol. The van der Waals surface area contributed by atoms with Gasteiger partial charge in [-0.25, -0.2) is 9.07 Å². The highest BCUT2D eigenvalue weighted by atomic mass is 19.1. The van der Waals surface area contributed by atoms with Crippen LogP contribution in [0.4, 0.5) is 4.39 Å². The van der Waals surface area contributed by atoms with E-state index in [2.05, 4.69) is 15.5 Å². The third kappa shape index (κ3) is 3.42. The first-order chi connectivity index (χ1) is 9.94. The Bertz CT molecular complexity index is 643. The van der Waals surface area contributed by atoms with Crippen molar-refractivity contribution in [1.29, 1.82) is 0 Å². The van der Waals surface area contributed by atoms with E-state index in [-0.39, 0.29) is 12.4 Å². The summed E-state index contributed by atoms with van der Waals surface area (Å²) in [6, 6.07) is 6.17. The Hall–Kier alpha value is -2.31. The number of aromatic nitrogens is 4. The molecule has 0 amide bonds. The Labute approximate surface area is 121 Å². The normalized spacial score (nSPS) is 13.9. The topological polar surface area (TPSA) is 80.9 Å². The maximum atomic E-state index is 13.2. The van der Waals surface area contributed by atoms with Crippen molar-refractivity contribution in [3.63, 3.8) is 0 Å². The van der Waals surface area contributed by atoms with Gasteiger partial charge in [0.2, 0.25) is 0 Å². The van der Waals surface area contributed by atoms with Gasteiger partial charge in [0.05, 0.1) is 12.0 Å². The van der Waals surface area contributed by atoms with Gasteiger partial charge in [0.15, 0.2) is 5.82 Å². The SMILES string of the molecule is CCC(C)(Cn1nnnc1Cc1cccc(F)c1)C(=O)O. The molecule has 0 aliphatic carbocycles. The lowest BCUT2D eigenvalue weighted by Gasteiger charge is -2.22. The highest BCUT2D eigenvalue weighted by Crippen LogP contribution is 2.24. The van der Waals surface area contributed by atoms with Gasteiger partial charge >= 0.3 is 5.97 Å². The Morgan fingerprint density at radius 3 is 2.86 bits per heavy atom. The van der Waals surface area contributed by atoms with Crippen LogP contribution in [0.15, 0.2) is 24.3 Å². The molecule has 0 saturated heterocycles. The molecule has 0 fully saturated rings. The molecule has 2 rings (SSSR count). The summed E-state index contributed by atoms with van der Waals surface area (Å²) in [5, 5.41) is 20.7. The zero-order chi connectivity index (χ0) is 15.5. The third-order valence-electron chi connectivity index (χ3n) is 3.65. The molecule has 1 aromatic carbocycles. The molecule has 7 heteroatoms. The van der Waals surface area contributed by atoms with E-state index in [1.54, 1.807) is 19.1 Å². The minimum absolute atomic E-state index is 0.177. The van der Waals surface area contributed by atoms with Crippen molar-refractivity contribution in [3.8, 4) is 0 Å². The van der Waals surface area contributed by atoms with Crippen LogP contribution in [0.5, 0.6) is 0 Å². The van der Waals surface area contributed by atoms with Crippen molar-refractivity contribution in [2.45, 2.75) is 33.2 Å². The van der Waals surface area contributed by atoms with Gasteiger partial charge in [-0.1, -0.05) is 19.1 Å². The van der Waals surface area contributed by atoms with E-state index >= 15 is 0 Å². The first-order valence-corrected chi connectivity index (χ1v) is 6.67. The van der Waals surface area contributed by atoms with Crippen LogP contribution in [-0.2, 0) is 17.8 Å². The molecule has 1 aromatic heterocycles. The van der Waals surface area contributed by atoms with Gasteiger partial charge < -0.3 is 5.11 Å². The van der Waals surface area contributed by atoms with Crippen molar-refractivity contribution < 1.29 is 14.3 Å². The molecule has 1 atom stereocenters. The predicted octanol–water partition coefficient (Wildman–Crippen LogP) is 1.90. The minimum Gasteiger partial charge on any atom is -0.481 e. The Morgan fingerprint density at radius 1 is 1.48 bits per heavy atom. The number of tetrazole rings is 1. The molecule has 0 radical (unpaired) electrons. The minimum atomic E-state index is -0.938. The number of halogens is 1. The molecule has 6 nitrogen and oxygen atoms in total. The fraction of sp³-hybridized carbons (Fsp3) is 0.429. The first kappa shape index (κ1) is 15.1. The average molecular weight is 292 g/mol. The summed E-state index contributed by atoms with van der Waals surface area (Å²) >= 11 is 0. The third-order valence-corrected chi connectivity index (χ3v) is 3.65. The summed E-state index contributed by atoms with van der Waals surface area (Å²) in [6.07, 6.45) is 0.811. The summed E-state index contributed by atoms with van der Waals surface area (Å²) in [7, 11) is 0. The van der Waals surface area contributed by atoms with Gasteiger partial charge in [-0.05, 0) is 41.5 Å². The number of carbonyl (C=O) groups is 1. The summed E-state index contributed by atoms with van der Waals surface area (Å²) < 4.78 is 14.7. The van der Waals surface area contributed by atoms with Crippen LogP contribution in [0.1, 0.15) is 31.7 Å². The number of hydrogen-bond acceptors (Lipinski definition) is 4. The van der Waals surface area contributed by atoms with Gasteiger partial charge in [-0.15, -0.1) is 5.10 Å². The van der Waals surface area contributed by atoms with Crippen LogP contribution < -0.4 is 0 Å². The molecule has 2 aromatic rings. The molecule has 0 aliphatic heterocycles. The fourth-order valence-corrected chi connectivity index (χ4v) is 1.96. The second kappa shape index (κ2) is 5.99. The summed E-state index contributed by atoms with van der Waals surface area (Å²) in [6.45, 7) is 3.64. The van der Waals surface area contributed by atoms with Crippen molar-refractivity contribution in [3.05, 3.63) is 41.5 Å². The number of hydrogen-bond donors (Lipinski definition) is 1. The number of carboxylic acids is 1. The Kier molecular flexibility index (Phi) is 4.30. The van der Waals surface area contributed by atoms with Crippen LogP contribution in [-0.4, -0.2) is 31.3 Å². The van der Waals surface area contributed by atoms with E-state index in [9.17, 15) is 14.3 Å². The molecule has 1 N–H and O–H groups in total. The zero-order valence-corrected chi connectivity index (χ0v) is 12.0. The van der Waals surface area contributed by atoms with Gasteiger partial charge in [0.25, 0.3) is 0 Å². The summed E-state index contributed by atoms with van der Waals surface area (Å²) in [5.74, 6) is -0.700. The molecule has 0 bridgehead atoms. The van der Waals surface area contributed by atoms with Gasteiger partial charge in [-0.2, -0.15) is 0 Å². The second-order valence-corrected chi connectivity index (χ2v) is 5.28. The molecule has 0 spiro atoms. The second-order valence-electron chi connectivity index (χ2n) is 5.28. The highest BCUT2D eigenvalue weighted by Gasteiger charge is 2.33. The first-order valence-electron chi connectivity index (χ1n) is 6.67. The molecule has 1 heterocycles. The standard InChI is InChI=1S/C14H17FN4O2/c1-3-14(2,13(20)21)9-19-12(16-17-18-19)8-10-5-4-6-11(15)7-10/h4-7H,3,8-9H2,1-2H3,(H,20,21). The van der Waals surface area contributed by atoms with E-state index in [1.165, 1.54) is 16.8 Å². The summed E-state index contributed by atoms with van der Waals surface area (Å²) in [5.41, 5.74) is -0.203. The number of aliphatic carboxylic acids is 1. The highest BCUT2D eigenvalue weighted by molar-refractivity contribution is 5.73. The lowest BCUT2D eigenvalue weighted by Crippen LogP contribution is -2.33. The number of rotatable bonds is 6. The van der Waals surface area contributed by atoms with E-state index in [0.717, 1.165) is 5.56 Å². The van der Waals surface area contributed by atoms with E-state index < -0.39 is 11.4 Å². The number of nitrogens with zero attached hydrogens (tertiary/aromatic N) is 4. The van der Waals surface area contributed by atoms with Crippen LogP contribution >= 0.6 is 0 Å².